The molecule has 0 atom stereocenters. The summed E-state index contributed by atoms with van der Waals surface area (Å²) in [4.78, 5) is 34.1. The standard InChI is InChI=1S/C22H21FN4O2S/c1-15-8-13-30-20(15)22(29)27-11-9-26(10-12-27)19-7-6-16(14-24-19)25-21(28)17-4-2-3-5-18(17)23/h2-8,13-14H,9-12H2,1H3,(H,25,28). The number of benzene rings is 1. The lowest BCUT2D eigenvalue weighted by molar-refractivity contribution is 0.0750. The Labute approximate surface area is 178 Å². The minimum Gasteiger partial charge on any atom is -0.353 e. The number of pyridine rings is 1. The van der Waals surface area contributed by atoms with Crippen LogP contribution in [0.5, 0.6) is 0 Å². The third-order valence-electron chi connectivity index (χ3n) is 5.07. The van der Waals surface area contributed by atoms with Crippen molar-refractivity contribution in [1.82, 2.24) is 9.88 Å². The maximum Gasteiger partial charge on any atom is 0.264 e. The largest absolute Gasteiger partial charge is 0.353 e. The van der Waals surface area contributed by atoms with Crippen molar-refractivity contribution < 1.29 is 14.0 Å². The second kappa shape index (κ2) is 8.62. The van der Waals surface area contributed by atoms with E-state index in [2.05, 4.69) is 15.2 Å². The molecule has 1 aliphatic heterocycles. The molecule has 6 nitrogen and oxygen atoms in total. The minimum atomic E-state index is -0.565. The van der Waals surface area contributed by atoms with Crippen molar-refractivity contribution in [3.8, 4) is 0 Å². The van der Waals surface area contributed by atoms with Gasteiger partial charge >= 0.3 is 0 Å². The molecule has 0 bridgehead atoms. The second-order valence-corrected chi connectivity index (χ2v) is 7.97. The molecule has 1 fully saturated rings. The first-order chi connectivity index (χ1) is 14.5. The fraction of sp³-hybridized carbons (Fsp3) is 0.227. The molecule has 1 aliphatic rings. The summed E-state index contributed by atoms with van der Waals surface area (Å²) < 4.78 is 13.7. The zero-order valence-electron chi connectivity index (χ0n) is 16.5. The molecule has 8 heteroatoms. The summed E-state index contributed by atoms with van der Waals surface area (Å²) in [5.74, 6) is -0.219. The van der Waals surface area contributed by atoms with Gasteiger partial charge in [-0.3, -0.25) is 9.59 Å². The summed E-state index contributed by atoms with van der Waals surface area (Å²) >= 11 is 1.48. The quantitative estimate of drug-likeness (QED) is 0.692. The van der Waals surface area contributed by atoms with Crippen molar-refractivity contribution in [3.63, 3.8) is 0 Å². The van der Waals surface area contributed by atoms with E-state index >= 15 is 0 Å². The van der Waals surface area contributed by atoms with Gasteiger partial charge in [0.15, 0.2) is 0 Å². The highest BCUT2D eigenvalue weighted by Crippen LogP contribution is 2.21. The zero-order valence-corrected chi connectivity index (χ0v) is 17.3. The zero-order chi connectivity index (χ0) is 21.1. The molecule has 0 unspecified atom stereocenters. The van der Waals surface area contributed by atoms with Crippen LogP contribution >= 0.6 is 11.3 Å². The molecule has 1 aromatic carbocycles. The van der Waals surface area contributed by atoms with Crippen LogP contribution in [0.1, 0.15) is 25.6 Å². The molecule has 3 aromatic rings. The van der Waals surface area contributed by atoms with E-state index in [9.17, 15) is 14.0 Å². The summed E-state index contributed by atoms with van der Waals surface area (Å²) in [6.45, 7) is 4.58. The predicted molar refractivity (Wildman–Crippen MR) is 116 cm³/mol. The Balaban J connectivity index is 1.35. The molecule has 3 heterocycles. The highest BCUT2D eigenvalue weighted by Gasteiger charge is 2.24. The molecule has 4 rings (SSSR count). The molecular formula is C22H21FN4O2S. The predicted octanol–water partition coefficient (Wildman–Crippen LogP) is 3.81. The second-order valence-electron chi connectivity index (χ2n) is 7.05. The molecule has 1 saturated heterocycles. The molecule has 30 heavy (non-hydrogen) atoms. The normalized spacial score (nSPS) is 13.9. The number of carbonyl (C=O) groups is 2. The van der Waals surface area contributed by atoms with Gasteiger partial charge < -0.3 is 15.1 Å². The van der Waals surface area contributed by atoms with Crippen LogP contribution in [0.3, 0.4) is 0 Å². The number of hydrogen-bond donors (Lipinski definition) is 1. The van der Waals surface area contributed by atoms with Crippen LogP contribution < -0.4 is 10.2 Å². The van der Waals surface area contributed by atoms with Crippen LogP contribution in [0.15, 0.2) is 54.0 Å². The van der Waals surface area contributed by atoms with Crippen LogP contribution in [-0.4, -0.2) is 47.9 Å². The molecule has 2 aromatic heterocycles. The maximum atomic E-state index is 13.7. The number of halogens is 1. The molecule has 0 radical (unpaired) electrons. The summed E-state index contributed by atoms with van der Waals surface area (Å²) in [7, 11) is 0. The van der Waals surface area contributed by atoms with Gasteiger partial charge in [-0.15, -0.1) is 11.3 Å². The first-order valence-electron chi connectivity index (χ1n) is 9.63. The van der Waals surface area contributed by atoms with E-state index in [1.54, 1.807) is 18.3 Å². The number of piperazine rings is 1. The highest BCUT2D eigenvalue weighted by atomic mass is 32.1. The van der Waals surface area contributed by atoms with Crippen LogP contribution in [0.25, 0.3) is 0 Å². The Morgan fingerprint density at radius 3 is 2.47 bits per heavy atom. The molecular weight excluding hydrogens is 403 g/mol. The lowest BCUT2D eigenvalue weighted by atomic mass is 10.2. The summed E-state index contributed by atoms with van der Waals surface area (Å²) in [5, 5.41) is 4.60. The van der Waals surface area contributed by atoms with Gasteiger partial charge in [-0.1, -0.05) is 12.1 Å². The molecule has 154 valence electrons. The van der Waals surface area contributed by atoms with Crippen molar-refractivity contribution in [2.45, 2.75) is 6.92 Å². The van der Waals surface area contributed by atoms with Crippen molar-refractivity contribution >= 4 is 34.7 Å². The number of thiophene rings is 1. The monoisotopic (exact) mass is 424 g/mol. The number of nitrogens with zero attached hydrogens (tertiary/aromatic N) is 3. The summed E-state index contributed by atoms with van der Waals surface area (Å²) in [6.07, 6.45) is 1.56. The van der Waals surface area contributed by atoms with Gasteiger partial charge in [0.2, 0.25) is 0 Å². The number of aromatic nitrogens is 1. The van der Waals surface area contributed by atoms with E-state index in [-0.39, 0.29) is 11.5 Å². The lowest BCUT2D eigenvalue weighted by Crippen LogP contribution is -2.49. The van der Waals surface area contributed by atoms with E-state index in [1.165, 1.54) is 29.5 Å². The van der Waals surface area contributed by atoms with Gasteiger partial charge in [0.1, 0.15) is 11.6 Å². The van der Waals surface area contributed by atoms with Crippen LogP contribution in [-0.2, 0) is 0 Å². The maximum absolute atomic E-state index is 13.7. The number of aryl methyl sites for hydroxylation is 1. The lowest BCUT2D eigenvalue weighted by Gasteiger charge is -2.35. The number of anilines is 2. The number of rotatable bonds is 4. The van der Waals surface area contributed by atoms with E-state index < -0.39 is 11.7 Å². The van der Waals surface area contributed by atoms with Gasteiger partial charge in [0.05, 0.1) is 22.3 Å². The number of amides is 2. The Kier molecular flexibility index (Phi) is 5.76. The van der Waals surface area contributed by atoms with Crippen LogP contribution in [0.4, 0.5) is 15.9 Å². The van der Waals surface area contributed by atoms with Gasteiger partial charge in [-0.05, 0) is 48.2 Å². The Morgan fingerprint density at radius 2 is 1.83 bits per heavy atom. The van der Waals surface area contributed by atoms with E-state index in [0.717, 1.165) is 16.3 Å². The fourth-order valence-corrected chi connectivity index (χ4v) is 4.26. The first-order valence-corrected chi connectivity index (χ1v) is 10.5. The average molecular weight is 425 g/mol. The number of carbonyl (C=O) groups excluding carboxylic acids is 2. The Bertz CT molecular complexity index is 1060. The highest BCUT2D eigenvalue weighted by molar-refractivity contribution is 7.12. The first kappa shape index (κ1) is 20.0. The average Bonchev–Trinajstić information content (AvgIpc) is 3.20. The SMILES string of the molecule is Cc1ccsc1C(=O)N1CCN(c2ccc(NC(=O)c3ccccc3F)cn2)CC1. The topological polar surface area (TPSA) is 65.5 Å². The third-order valence-corrected chi connectivity index (χ3v) is 6.08. The van der Waals surface area contributed by atoms with Gasteiger partial charge in [-0.2, -0.15) is 0 Å². The van der Waals surface area contributed by atoms with Gasteiger partial charge in [0, 0.05) is 26.2 Å². The molecule has 0 aliphatic carbocycles. The van der Waals surface area contributed by atoms with E-state index in [0.29, 0.717) is 31.9 Å². The Morgan fingerprint density at radius 1 is 1.07 bits per heavy atom. The molecule has 0 spiro atoms. The molecule has 2 amide bonds. The summed E-state index contributed by atoms with van der Waals surface area (Å²) in [6, 6.07) is 11.4. The van der Waals surface area contributed by atoms with Crippen molar-refractivity contribution in [3.05, 3.63) is 75.9 Å². The van der Waals surface area contributed by atoms with E-state index in [4.69, 9.17) is 0 Å². The van der Waals surface area contributed by atoms with E-state index in [1.807, 2.05) is 29.3 Å². The van der Waals surface area contributed by atoms with Crippen molar-refractivity contribution in [1.29, 1.82) is 0 Å². The van der Waals surface area contributed by atoms with Gasteiger partial charge in [-0.25, -0.2) is 9.37 Å². The summed E-state index contributed by atoms with van der Waals surface area (Å²) in [5.41, 5.74) is 1.50. The fourth-order valence-electron chi connectivity index (χ4n) is 3.36. The van der Waals surface area contributed by atoms with Crippen molar-refractivity contribution in [2.24, 2.45) is 0 Å². The third kappa shape index (κ3) is 4.18. The minimum absolute atomic E-state index is 0.0108. The molecule has 0 saturated carbocycles. The van der Waals surface area contributed by atoms with Gasteiger partial charge in [0.25, 0.3) is 11.8 Å². The van der Waals surface area contributed by atoms with Crippen LogP contribution in [0, 0.1) is 12.7 Å². The number of hydrogen-bond acceptors (Lipinski definition) is 5. The Hall–Kier alpha value is -3.26. The smallest absolute Gasteiger partial charge is 0.264 e. The van der Waals surface area contributed by atoms with Crippen LogP contribution in [0.2, 0.25) is 0 Å². The van der Waals surface area contributed by atoms with Crippen molar-refractivity contribution in [2.75, 3.05) is 36.4 Å². The molecule has 1 N–H and O–H groups in total. The number of nitrogens with one attached hydrogen (secondary N) is 1.